The predicted molar refractivity (Wildman–Crippen MR) is 72.1 cm³/mol. The van der Waals surface area contributed by atoms with E-state index in [0.29, 0.717) is 25.0 Å². The van der Waals surface area contributed by atoms with Gasteiger partial charge in [0.15, 0.2) is 0 Å². The van der Waals surface area contributed by atoms with Gasteiger partial charge < -0.3 is 5.32 Å². The Labute approximate surface area is 114 Å². The maximum atomic E-state index is 12.3. The summed E-state index contributed by atoms with van der Waals surface area (Å²) in [7, 11) is 0. The highest BCUT2D eigenvalue weighted by Gasteiger charge is 2.32. The Hall–Kier alpha value is -0.290. The molecule has 5 heteroatoms. The summed E-state index contributed by atoms with van der Waals surface area (Å²) in [5.74, 6) is 0.556. The molecule has 2 nitrogen and oxygen atoms in total. The summed E-state index contributed by atoms with van der Waals surface area (Å²) >= 11 is 0. The van der Waals surface area contributed by atoms with Crippen molar-refractivity contribution in [1.29, 1.82) is 0 Å². The first-order valence-corrected chi connectivity index (χ1v) is 7.10. The normalized spacial score (nSPS) is 21.6. The lowest BCUT2D eigenvalue weighted by Gasteiger charge is -2.35. The van der Waals surface area contributed by atoms with Gasteiger partial charge in [-0.3, -0.25) is 4.90 Å². The number of nitrogens with one attached hydrogen (secondary N) is 1. The lowest BCUT2D eigenvalue weighted by molar-refractivity contribution is -0.148. The Morgan fingerprint density at radius 1 is 1.16 bits per heavy atom. The van der Waals surface area contributed by atoms with Gasteiger partial charge in [0.1, 0.15) is 0 Å². The van der Waals surface area contributed by atoms with Crippen LogP contribution in [0.1, 0.15) is 40.5 Å². The third kappa shape index (κ3) is 6.61. The van der Waals surface area contributed by atoms with Gasteiger partial charge in [-0.1, -0.05) is 27.7 Å². The Morgan fingerprint density at radius 3 is 2.11 bits per heavy atom. The van der Waals surface area contributed by atoms with E-state index in [2.05, 4.69) is 33.0 Å². The van der Waals surface area contributed by atoms with Crippen LogP contribution in [-0.2, 0) is 0 Å². The van der Waals surface area contributed by atoms with Crippen LogP contribution in [0.2, 0.25) is 0 Å². The predicted octanol–water partition coefficient (Wildman–Crippen LogP) is 3.28. The molecular formula is C14H27F3N2. The number of hydrogen-bond donors (Lipinski definition) is 1. The van der Waals surface area contributed by atoms with Crippen LogP contribution < -0.4 is 5.32 Å². The first-order chi connectivity index (χ1) is 8.58. The minimum absolute atomic E-state index is 0.268. The minimum atomic E-state index is -4.07. The van der Waals surface area contributed by atoms with E-state index in [-0.39, 0.29) is 5.41 Å². The monoisotopic (exact) mass is 280 g/mol. The van der Waals surface area contributed by atoms with Gasteiger partial charge in [-0.15, -0.1) is 0 Å². The van der Waals surface area contributed by atoms with Crippen LogP contribution >= 0.6 is 0 Å². The molecule has 0 aromatic heterocycles. The molecule has 1 aliphatic rings. The molecule has 1 aliphatic heterocycles. The SMILES string of the molecule is CC(CNC1CCN(CC(F)(F)F)CC1)C(C)(C)C. The van der Waals surface area contributed by atoms with Crippen LogP contribution in [0.25, 0.3) is 0 Å². The summed E-state index contributed by atoms with van der Waals surface area (Å²) in [6, 6.07) is 0.370. The highest BCUT2D eigenvalue weighted by molar-refractivity contribution is 4.80. The van der Waals surface area contributed by atoms with E-state index in [1.54, 1.807) is 0 Å². The zero-order valence-corrected chi connectivity index (χ0v) is 12.5. The fourth-order valence-electron chi connectivity index (χ4n) is 2.20. The van der Waals surface area contributed by atoms with Gasteiger partial charge in [0.05, 0.1) is 6.54 Å². The van der Waals surface area contributed by atoms with E-state index in [0.717, 1.165) is 19.4 Å². The Bertz CT molecular complexity index is 263. The quantitative estimate of drug-likeness (QED) is 0.850. The van der Waals surface area contributed by atoms with Gasteiger partial charge in [-0.25, -0.2) is 0 Å². The molecule has 0 aromatic carbocycles. The molecule has 0 aromatic rings. The standard InChI is InChI=1S/C14H27F3N2/c1-11(13(2,3)4)9-18-12-5-7-19(8-6-12)10-14(15,16)17/h11-12,18H,5-10H2,1-4H3. The maximum Gasteiger partial charge on any atom is 0.401 e. The third-order valence-electron chi connectivity index (χ3n) is 4.18. The van der Waals surface area contributed by atoms with E-state index in [1.807, 2.05) is 0 Å². The fraction of sp³-hybridized carbons (Fsp3) is 1.00. The lowest BCUT2D eigenvalue weighted by Crippen LogP contribution is -2.47. The molecule has 1 rings (SSSR count). The lowest BCUT2D eigenvalue weighted by atomic mass is 9.82. The number of piperidine rings is 1. The summed E-state index contributed by atoms with van der Waals surface area (Å²) in [6.07, 6.45) is -2.44. The number of rotatable bonds is 4. The molecule has 19 heavy (non-hydrogen) atoms. The number of halogens is 3. The van der Waals surface area contributed by atoms with Crippen molar-refractivity contribution in [3.05, 3.63) is 0 Å². The summed E-state index contributed by atoms with van der Waals surface area (Å²) in [6.45, 7) is 10.1. The number of likely N-dealkylation sites (tertiary alicyclic amines) is 1. The Balaban J connectivity index is 2.24. The Morgan fingerprint density at radius 2 is 1.68 bits per heavy atom. The molecule has 0 spiro atoms. The summed E-state index contributed by atoms with van der Waals surface area (Å²) in [5, 5.41) is 3.50. The van der Waals surface area contributed by atoms with Crippen LogP contribution in [0.5, 0.6) is 0 Å². The number of alkyl halides is 3. The number of hydrogen-bond acceptors (Lipinski definition) is 2. The Kier molecular flexibility index (Phi) is 5.68. The van der Waals surface area contributed by atoms with Gasteiger partial charge in [0.2, 0.25) is 0 Å². The second-order valence-electron chi connectivity index (χ2n) is 6.84. The van der Waals surface area contributed by atoms with Crippen LogP contribution in [0.4, 0.5) is 13.2 Å². The summed E-state index contributed by atoms with van der Waals surface area (Å²) in [4.78, 5) is 1.51. The average molecular weight is 280 g/mol. The molecule has 1 heterocycles. The van der Waals surface area contributed by atoms with Crippen molar-refractivity contribution < 1.29 is 13.2 Å². The molecule has 1 fully saturated rings. The summed E-state index contributed by atoms with van der Waals surface area (Å²) in [5.41, 5.74) is 0.268. The molecule has 1 unspecified atom stereocenters. The van der Waals surface area contributed by atoms with E-state index in [1.165, 1.54) is 4.90 Å². The first-order valence-electron chi connectivity index (χ1n) is 7.10. The fourth-order valence-corrected chi connectivity index (χ4v) is 2.20. The zero-order valence-electron chi connectivity index (χ0n) is 12.5. The molecule has 1 N–H and O–H groups in total. The molecule has 0 aliphatic carbocycles. The van der Waals surface area contributed by atoms with Crippen molar-refractivity contribution >= 4 is 0 Å². The highest BCUT2D eigenvalue weighted by Crippen LogP contribution is 2.25. The summed E-state index contributed by atoms with van der Waals surface area (Å²) < 4.78 is 36.8. The number of nitrogens with zero attached hydrogens (tertiary/aromatic N) is 1. The van der Waals surface area contributed by atoms with Gasteiger partial charge in [-0.2, -0.15) is 13.2 Å². The van der Waals surface area contributed by atoms with Crippen LogP contribution in [0, 0.1) is 11.3 Å². The second kappa shape index (κ2) is 6.44. The van der Waals surface area contributed by atoms with Crippen LogP contribution in [0.15, 0.2) is 0 Å². The van der Waals surface area contributed by atoms with Crippen molar-refractivity contribution in [2.45, 2.75) is 52.8 Å². The molecule has 1 atom stereocenters. The van der Waals surface area contributed by atoms with E-state index >= 15 is 0 Å². The van der Waals surface area contributed by atoms with Crippen LogP contribution in [-0.4, -0.2) is 43.3 Å². The molecule has 0 amide bonds. The van der Waals surface area contributed by atoms with E-state index in [4.69, 9.17) is 0 Å². The third-order valence-corrected chi connectivity index (χ3v) is 4.18. The highest BCUT2D eigenvalue weighted by atomic mass is 19.4. The van der Waals surface area contributed by atoms with E-state index in [9.17, 15) is 13.2 Å². The molecule has 114 valence electrons. The molecule has 0 saturated carbocycles. The van der Waals surface area contributed by atoms with Crippen LogP contribution in [0.3, 0.4) is 0 Å². The molecule has 0 radical (unpaired) electrons. The minimum Gasteiger partial charge on any atom is -0.314 e. The first kappa shape index (κ1) is 16.8. The largest absolute Gasteiger partial charge is 0.401 e. The zero-order chi connectivity index (χ0) is 14.7. The van der Waals surface area contributed by atoms with Gasteiger partial charge in [0.25, 0.3) is 0 Å². The van der Waals surface area contributed by atoms with Gasteiger partial charge in [0, 0.05) is 6.04 Å². The van der Waals surface area contributed by atoms with Gasteiger partial charge in [-0.05, 0) is 43.8 Å². The smallest absolute Gasteiger partial charge is 0.314 e. The second-order valence-corrected chi connectivity index (χ2v) is 6.84. The van der Waals surface area contributed by atoms with Crippen molar-refractivity contribution in [1.82, 2.24) is 10.2 Å². The van der Waals surface area contributed by atoms with Gasteiger partial charge >= 0.3 is 6.18 Å². The van der Waals surface area contributed by atoms with E-state index < -0.39 is 12.7 Å². The molecular weight excluding hydrogens is 253 g/mol. The van der Waals surface area contributed by atoms with Crippen molar-refractivity contribution in [3.63, 3.8) is 0 Å². The maximum absolute atomic E-state index is 12.3. The average Bonchev–Trinajstić information content (AvgIpc) is 2.24. The van der Waals surface area contributed by atoms with Crippen molar-refractivity contribution in [2.24, 2.45) is 11.3 Å². The topological polar surface area (TPSA) is 15.3 Å². The molecule has 0 bridgehead atoms. The van der Waals surface area contributed by atoms with Crippen molar-refractivity contribution in [2.75, 3.05) is 26.2 Å². The van der Waals surface area contributed by atoms with Crippen molar-refractivity contribution in [3.8, 4) is 0 Å². The molecule has 1 saturated heterocycles.